The van der Waals surface area contributed by atoms with Gasteiger partial charge in [0.25, 0.3) is 0 Å². The molecular weight excluding hydrogens is 254 g/mol. The number of carbonyl (C=O) groups is 1. The Bertz CT molecular complexity index is 430. The minimum Gasteiger partial charge on any atom is -0.494 e. The third-order valence-corrected chi connectivity index (χ3v) is 3.55. The number of esters is 1. The molecular formula is C16H23NO3. The Balaban J connectivity index is 1.99. The van der Waals surface area contributed by atoms with Gasteiger partial charge in [-0.25, -0.2) is 0 Å². The Labute approximate surface area is 120 Å². The van der Waals surface area contributed by atoms with Crippen LogP contribution in [0.1, 0.15) is 44.7 Å². The number of piperidine rings is 1. The lowest BCUT2D eigenvalue weighted by Crippen LogP contribution is -2.43. The highest BCUT2D eigenvalue weighted by Crippen LogP contribution is 2.27. The topological polar surface area (TPSA) is 47.6 Å². The van der Waals surface area contributed by atoms with E-state index in [4.69, 9.17) is 9.47 Å². The zero-order valence-electron chi connectivity index (χ0n) is 12.2. The molecule has 1 aromatic carbocycles. The highest BCUT2D eigenvalue weighted by molar-refractivity contribution is 5.76. The Morgan fingerprint density at radius 1 is 1.20 bits per heavy atom. The first-order valence-electron chi connectivity index (χ1n) is 7.40. The van der Waals surface area contributed by atoms with E-state index in [-0.39, 0.29) is 18.1 Å². The van der Waals surface area contributed by atoms with Gasteiger partial charge in [0.05, 0.1) is 13.2 Å². The zero-order valence-corrected chi connectivity index (χ0v) is 12.2. The van der Waals surface area contributed by atoms with Crippen LogP contribution in [-0.2, 0) is 9.53 Å². The van der Waals surface area contributed by atoms with Crippen LogP contribution in [-0.4, -0.2) is 25.2 Å². The number of ether oxygens (including phenoxy) is 2. The quantitative estimate of drug-likeness (QED) is 0.841. The van der Waals surface area contributed by atoms with Gasteiger partial charge in [-0.3, -0.25) is 10.1 Å². The highest BCUT2D eigenvalue weighted by atomic mass is 16.5. The fraction of sp³-hybridized carbons (Fsp3) is 0.562. The molecule has 1 fully saturated rings. The predicted octanol–water partition coefficient (Wildman–Crippen LogP) is 2.83. The van der Waals surface area contributed by atoms with Gasteiger partial charge in [0.15, 0.2) is 0 Å². The summed E-state index contributed by atoms with van der Waals surface area (Å²) in [6, 6.07) is 8.13. The molecule has 0 aromatic heterocycles. The zero-order chi connectivity index (χ0) is 14.4. The first kappa shape index (κ1) is 14.9. The van der Waals surface area contributed by atoms with Crippen LogP contribution < -0.4 is 10.1 Å². The van der Waals surface area contributed by atoms with Gasteiger partial charge in [-0.2, -0.15) is 0 Å². The Morgan fingerprint density at radius 2 is 1.95 bits per heavy atom. The molecule has 0 bridgehead atoms. The number of rotatable bonds is 5. The van der Waals surface area contributed by atoms with E-state index in [9.17, 15) is 4.79 Å². The maximum absolute atomic E-state index is 11.8. The molecule has 1 saturated heterocycles. The number of nitrogens with one attached hydrogen (secondary N) is 1. The summed E-state index contributed by atoms with van der Waals surface area (Å²) in [5, 5.41) is 3.39. The maximum Gasteiger partial charge on any atom is 0.323 e. The molecule has 2 atom stereocenters. The normalized spacial score (nSPS) is 22.3. The van der Waals surface area contributed by atoms with Crippen LogP contribution in [0.15, 0.2) is 24.3 Å². The van der Waals surface area contributed by atoms with Gasteiger partial charge in [-0.1, -0.05) is 12.1 Å². The van der Waals surface area contributed by atoms with Crippen molar-refractivity contribution in [3.63, 3.8) is 0 Å². The molecule has 1 heterocycles. The van der Waals surface area contributed by atoms with Gasteiger partial charge in [0.1, 0.15) is 11.8 Å². The van der Waals surface area contributed by atoms with E-state index in [0.717, 1.165) is 25.0 Å². The molecule has 0 radical (unpaired) electrons. The molecule has 1 aliphatic heterocycles. The lowest BCUT2D eigenvalue weighted by Gasteiger charge is -2.30. The fourth-order valence-electron chi connectivity index (χ4n) is 2.59. The number of benzene rings is 1. The van der Waals surface area contributed by atoms with Gasteiger partial charge < -0.3 is 9.47 Å². The summed E-state index contributed by atoms with van der Waals surface area (Å²) < 4.78 is 10.5. The average molecular weight is 277 g/mol. The number of hydrogen-bond acceptors (Lipinski definition) is 4. The minimum absolute atomic E-state index is 0.136. The van der Waals surface area contributed by atoms with Gasteiger partial charge >= 0.3 is 5.97 Å². The first-order valence-corrected chi connectivity index (χ1v) is 7.40. The number of hydrogen-bond donors (Lipinski definition) is 1. The molecule has 4 heteroatoms. The Hall–Kier alpha value is -1.55. The summed E-state index contributed by atoms with van der Waals surface area (Å²) >= 11 is 0. The largest absolute Gasteiger partial charge is 0.494 e. The van der Waals surface area contributed by atoms with Crippen molar-refractivity contribution in [2.45, 2.75) is 45.2 Å². The Kier molecular flexibility index (Phi) is 5.41. The van der Waals surface area contributed by atoms with Crippen LogP contribution in [0.2, 0.25) is 0 Å². The van der Waals surface area contributed by atoms with E-state index in [1.807, 2.05) is 26.0 Å². The molecule has 0 aliphatic carbocycles. The molecule has 0 amide bonds. The van der Waals surface area contributed by atoms with Crippen LogP contribution in [0.5, 0.6) is 5.75 Å². The van der Waals surface area contributed by atoms with Crippen molar-refractivity contribution in [2.75, 3.05) is 13.2 Å². The summed E-state index contributed by atoms with van der Waals surface area (Å²) in [4.78, 5) is 11.8. The molecule has 1 N–H and O–H groups in total. The predicted molar refractivity (Wildman–Crippen MR) is 77.8 cm³/mol. The molecule has 1 aromatic rings. The summed E-state index contributed by atoms with van der Waals surface area (Å²) in [7, 11) is 0. The van der Waals surface area contributed by atoms with Crippen LogP contribution in [0, 0.1) is 0 Å². The van der Waals surface area contributed by atoms with E-state index in [2.05, 4.69) is 17.4 Å². The van der Waals surface area contributed by atoms with Gasteiger partial charge in [0, 0.05) is 6.04 Å². The third-order valence-electron chi connectivity index (χ3n) is 3.55. The van der Waals surface area contributed by atoms with Crippen LogP contribution >= 0.6 is 0 Å². The maximum atomic E-state index is 11.8. The van der Waals surface area contributed by atoms with E-state index in [1.165, 1.54) is 5.56 Å². The second-order valence-electron chi connectivity index (χ2n) is 4.96. The first-order chi connectivity index (χ1) is 9.74. The minimum atomic E-state index is -0.180. The van der Waals surface area contributed by atoms with Crippen molar-refractivity contribution in [3.8, 4) is 5.75 Å². The van der Waals surface area contributed by atoms with Crippen molar-refractivity contribution in [2.24, 2.45) is 0 Å². The lowest BCUT2D eigenvalue weighted by molar-refractivity contribution is -0.146. The van der Waals surface area contributed by atoms with Crippen molar-refractivity contribution < 1.29 is 14.3 Å². The molecule has 110 valence electrons. The van der Waals surface area contributed by atoms with Gasteiger partial charge in [-0.15, -0.1) is 0 Å². The molecule has 2 rings (SSSR count). The second-order valence-corrected chi connectivity index (χ2v) is 4.96. The molecule has 4 nitrogen and oxygen atoms in total. The summed E-state index contributed by atoms with van der Waals surface area (Å²) in [5.74, 6) is 0.747. The standard InChI is InChI=1S/C16H23NO3/c1-3-19-13-10-8-12(9-11-13)14-6-5-7-15(17-14)16(18)20-4-2/h8-11,14-15,17H,3-7H2,1-2H3. The van der Waals surface area contributed by atoms with E-state index in [1.54, 1.807) is 0 Å². The van der Waals surface area contributed by atoms with Crippen LogP contribution in [0.25, 0.3) is 0 Å². The van der Waals surface area contributed by atoms with E-state index >= 15 is 0 Å². The van der Waals surface area contributed by atoms with Crippen molar-refractivity contribution in [3.05, 3.63) is 29.8 Å². The SMILES string of the molecule is CCOC(=O)C1CCCC(c2ccc(OCC)cc2)N1. The van der Waals surface area contributed by atoms with Gasteiger partial charge in [0.2, 0.25) is 0 Å². The summed E-state index contributed by atoms with van der Waals surface area (Å²) in [6.45, 7) is 4.92. The monoisotopic (exact) mass is 277 g/mol. The summed E-state index contributed by atoms with van der Waals surface area (Å²) in [6.07, 6.45) is 2.94. The summed E-state index contributed by atoms with van der Waals surface area (Å²) in [5.41, 5.74) is 1.20. The third kappa shape index (κ3) is 3.73. The Morgan fingerprint density at radius 3 is 2.60 bits per heavy atom. The number of carbonyl (C=O) groups excluding carboxylic acids is 1. The van der Waals surface area contributed by atoms with Crippen LogP contribution in [0.4, 0.5) is 0 Å². The van der Waals surface area contributed by atoms with E-state index < -0.39 is 0 Å². The highest BCUT2D eigenvalue weighted by Gasteiger charge is 2.27. The van der Waals surface area contributed by atoms with Crippen molar-refractivity contribution in [1.29, 1.82) is 0 Å². The van der Waals surface area contributed by atoms with Gasteiger partial charge in [-0.05, 0) is 50.8 Å². The lowest BCUT2D eigenvalue weighted by atomic mass is 9.93. The second kappa shape index (κ2) is 7.29. The molecule has 0 spiro atoms. The molecule has 20 heavy (non-hydrogen) atoms. The smallest absolute Gasteiger partial charge is 0.323 e. The van der Waals surface area contributed by atoms with Crippen molar-refractivity contribution >= 4 is 5.97 Å². The molecule has 1 aliphatic rings. The molecule has 2 unspecified atom stereocenters. The fourth-order valence-corrected chi connectivity index (χ4v) is 2.59. The molecule has 0 saturated carbocycles. The van der Waals surface area contributed by atoms with Crippen molar-refractivity contribution in [1.82, 2.24) is 5.32 Å². The van der Waals surface area contributed by atoms with E-state index in [0.29, 0.717) is 13.2 Å². The average Bonchev–Trinajstić information content (AvgIpc) is 2.49. The van der Waals surface area contributed by atoms with Crippen LogP contribution in [0.3, 0.4) is 0 Å².